The van der Waals surface area contributed by atoms with Gasteiger partial charge >= 0.3 is 5.97 Å². The Bertz CT molecular complexity index is 1150. The summed E-state index contributed by atoms with van der Waals surface area (Å²) >= 11 is 13.5. The van der Waals surface area contributed by atoms with Crippen LogP contribution in [0, 0.1) is 6.92 Å². The van der Waals surface area contributed by atoms with Crippen LogP contribution in [0.5, 0.6) is 5.75 Å². The minimum absolute atomic E-state index is 0.258. The molecule has 4 aromatic rings. The lowest BCUT2D eigenvalue weighted by molar-refractivity contribution is 0.0735. The molecule has 27 heavy (non-hydrogen) atoms. The molecule has 0 spiro atoms. The Labute approximate surface area is 170 Å². The zero-order chi connectivity index (χ0) is 19.0. The van der Waals surface area contributed by atoms with Crippen LogP contribution in [0.15, 0.2) is 60.7 Å². The second-order valence-electron chi connectivity index (χ2n) is 6.03. The summed E-state index contributed by atoms with van der Waals surface area (Å²) in [4.78, 5) is 17.0. The maximum Gasteiger partial charge on any atom is 0.345 e. The molecule has 1 aromatic heterocycles. The van der Waals surface area contributed by atoms with Gasteiger partial charge in [0.25, 0.3) is 0 Å². The first kappa shape index (κ1) is 18.0. The summed E-state index contributed by atoms with van der Waals surface area (Å²) in [6, 6.07) is 18.1. The number of nitrogens with zero attached hydrogens (tertiary/aromatic N) is 1. The van der Waals surface area contributed by atoms with Gasteiger partial charge in [-0.1, -0.05) is 29.3 Å². The molecule has 0 fully saturated rings. The molecule has 0 saturated carbocycles. The number of hydrogen-bond donors (Lipinski definition) is 0. The lowest BCUT2D eigenvalue weighted by Crippen LogP contribution is -2.09. The number of carbonyl (C=O) groups is 1. The molecule has 3 aromatic carbocycles. The van der Waals surface area contributed by atoms with Gasteiger partial charge in [-0.3, -0.25) is 0 Å². The Hall–Kier alpha value is -2.40. The third kappa shape index (κ3) is 3.83. The van der Waals surface area contributed by atoms with E-state index < -0.39 is 5.97 Å². The number of aromatic nitrogens is 1. The van der Waals surface area contributed by atoms with E-state index in [0.717, 1.165) is 20.8 Å². The molecule has 0 atom stereocenters. The number of ether oxygens (including phenoxy) is 1. The Morgan fingerprint density at radius 3 is 2.52 bits per heavy atom. The summed E-state index contributed by atoms with van der Waals surface area (Å²) in [5.41, 5.74) is 3.43. The van der Waals surface area contributed by atoms with Gasteiger partial charge in [0, 0.05) is 10.6 Å². The summed E-state index contributed by atoms with van der Waals surface area (Å²) in [6.07, 6.45) is 0. The maximum atomic E-state index is 12.3. The quantitative estimate of drug-likeness (QED) is 0.273. The standard InChI is InChI=1S/C21H13Cl2NO2S/c1-12-2-9-18-19(10-12)27-20(24-18)13-3-6-15(7-4-13)26-21(25)16-8-5-14(22)11-17(16)23/h2-11H,1H3. The number of esters is 1. The number of benzene rings is 3. The highest BCUT2D eigenvalue weighted by Crippen LogP contribution is 2.32. The molecular formula is C21H13Cl2NO2S. The topological polar surface area (TPSA) is 39.2 Å². The minimum atomic E-state index is -0.528. The van der Waals surface area contributed by atoms with Crippen LogP contribution in [0.25, 0.3) is 20.8 Å². The molecule has 0 bridgehead atoms. The van der Waals surface area contributed by atoms with E-state index in [0.29, 0.717) is 10.8 Å². The summed E-state index contributed by atoms with van der Waals surface area (Å²) < 4.78 is 6.55. The highest BCUT2D eigenvalue weighted by Gasteiger charge is 2.14. The van der Waals surface area contributed by atoms with Gasteiger partial charge in [0.15, 0.2) is 0 Å². The van der Waals surface area contributed by atoms with Gasteiger partial charge in [0.05, 0.1) is 20.8 Å². The van der Waals surface area contributed by atoms with Crippen molar-refractivity contribution in [1.82, 2.24) is 4.98 Å². The van der Waals surface area contributed by atoms with Gasteiger partial charge in [0.1, 0.15) is 10.8 Å². The van der Waals surface area contributed by atoms with E-state index in [4.69, 9.17) is 27.9 Å². The van der Waals surface area contributed by atoms with E-state index in [9.17, 15) is 4.79 Å². The number of halogens is 2. The monoisotopic (exact) mass is 413 g/mol. The van der Waals surface area contributed by atoms with E-state index in [1.165, 1.54) is 11.6 Å². The van der Waals surface area contributed by atoms with E-state index in [1.807, 2.05) is 18.2 Å². The van der Waals surface area contributed by atoms with Crippen LogP contribution in [-0.2, 0) is 0 Å². The molecule has 0 unspecified atom stereocenters. The molecule has 4 rings (SSSR count). The van der Waals surface area contributed by atoms with Crippen molar-refractivity contribution < 1.29 is 9.53 Å². The molecular weight excluding hydrogens is 401 g/mol. The van der Waals surface area contributed by atoms with Crippen LogP contribution in [-0.4, -0.2) is 11.0 Å². The summed E-state index contributed by atoms with van der Waals surface area (Å²) in [6.45, 7) is 2.06. The fraction of sp³-hybridized carbons (Fsp3) is 0.0476. The van der Waals surface area contributed by atoms with E-state index in [-0.39, 0.29) is 10.6 Å². The smallest absolute Gasteiger partial charge is 0.345 e. The lowest BCUT2D eigenvalue weighted by atomic mass is 10.2. The first-order valence-electron chi connectivity index (χ1n) is 8.14. The predicted octanol–water partition coefficient (Wildman–Crippen LogP) is 6.80. The highest BCUT2D eigenvalue weighted by molar-refractivity contribution is 7.21. The number of carbonyl (C=O) groups excluding carboxylic acids is 1. The molecule has 0 aliphatic heterocycles. The number of hydrogen-bond acceptors (Lipinski definition) is 4. The normalized spacial score (nSPS) is 10.9. The molecule has 3 nitrogen and oxygen atoms in total. The van der Waals surface area contributed by atoms with Gasteiger partial charge in [0.2, 0.25) is 0 Å². The second-order valence-corrected chi connectivity index (χ2v) is 7.90. The van der Waals surface area contributed by atoms with Crippen LogP contribution < -0.4 is 4.74 Å². The van der Waals surface area contributed by atoms with Crippen LogP contribution in [0.3, 0.4) is 0 Å². The van der Waals surface area contributed by atoms with E-state index >= 15 is 0 Å². The van der Waals surface area contributed by atoms with Crippen LogP contribution in [0.4, 0.5) is 0 Å². The molecule has 0 amide bonds. The number of fused-ring (bicyclic) bond motifs is 1. The lowest BCUT2D eigenvalue weighted by Gasteiger charge is -2.06. The van der Waals surface area contributed by atoms with Crippen molar-refractivity contribution in [3.63, 3.8) is 0 Å². The van der Waals surface area contributed by atoms with Crippen molar-refractivity contribution in [3.05, 3.63) is 81.8 Å². The van der Waals surface area contributed by atoms with Crippen LogP contribution in [0.2, 0.25) is 10.0 Å². The van der Waals surface area contributed by atoms with Crippen molar-refractivity contribution in [2.24, 2.45) is 0 Å². The third-order valence-corrected chi connectivity index (χ3v) is 5.62. The van der Waals surface area contributed by atoms with Crippen molar-refractivity contribution in [2.75, 3.05) is 0 Å². The molecule has 0 aliphatic rings. The number of aryl methyl sites for hydroxylation is 1. The highest BCUT2D eigenvalue weighted by atomic mass is 35.5. The second kappa shape index (κ2) is 7.31. The van der Waals surface area contributed by atoms with E-state index in [1.54, 1.807) is 35.6 Å². The molecule has 0 aliphatic carbocycles. The first-order chi connectivity index (χ1) is 13.0. The maximum absolute atomic E-state index is 12.3. The van der Waals surface area contributed by atoms with Crippen molar-refractivity contribution in [1.29, 1.82) is 0 Å². The Morgan fingerprint density at radius 1 is 1.00 bits per heavy atom. The molecule has 0 radical (unpaired) electrons. The van der Waals surface area contributed by atoms with Gasteiger partial charge < -0.3 is 4.74 Å². The van der Waals surface area contributed by atoms with Crippen molar-refractivity contribution in [2.45, 2.75) is 6.92 Å². The van der Waals surface area contributed by atoms with Gasteiger partial charge in [-0.25, -0.2) is 9.78 Å². The van der Waals surface area contributed by atoms with Gasteiger partial charge in [-0.05, 0) is 67.1 Å². The molecule has 0 N–H and O–H groups in total. The zero-order valence-corrected chi connectivity index (χ0v) is 16.5. The number of rotatable bonds is 3. The Balaban J connectivity index is 1.55. The summed E-state index contributed by atoms with van der Waals surface area (Å²) in [5, 5.41) is 1.65. The van der Waals surface area contributed by atoms with Crippen LogP contribution in [0.1, 0.15) is 15.9 Å². The number of thiazole rings is 1. The molecule has 134 valence electrons. The largest absolute Gasteiger partial charge is 0.423 e. The fourth-order valence-electron chi connectivity index (χ4n) is 2.64. The average molecular weight is 414 g/mol. The Morgan fingerprint density at radius 2 is 1.78 bits per heavy atom. The van der Waals surface area contributed by atoms with Crippen molar-refractivity contribution >= 4 is 50.7 Å². The third-order valence-electron chi connectivity index (χ3n) is 4.01. The fourth-order valence-corrected chi connectivity index (χ4v) is 4.19. The SMILES string of the molecule is Cc1ccc2nc(-c3ccc(OC(=O)c4ccc(Cl)cc4Cl)cc3)sc2c1. The molecule has 1 heterocycles. The van der Waals surface area contributed by atoms with E-state index in [2.05, 4.69) is 24.0 Å². The summed E-state index contributed by atoms with van der Waals surface area (Å²) in [5.74, 6) is -0.0911. The Kier molecular flexibility index (Phi) is 4.87. The first-order valence-corrected chi connectivity index (χ1v) is 9.72. The predicted molar refractivity (Wildman–Crippen MR) is 111 cm³/mol. The summed E-state index contributed by atoms with van der Waals surface area (Å²) in [7, 11) is 0. The van der Waals surface area contributed by atoms with Gasteiger partial charge in [-0.2, -0.15) is 0 Å². The average Bonchev–Trinajstić information content (AvgIpc) is 3.05. The molecule has 6 heteroatoms. The van der Waals surface area contributed by atoms with Gasteiger partial charge in [-0.15, -0.1) is 11.3 Å². The van der Waals surface area contributed by atoms with Crippen molar-refractivity contribution in [3.8, 4) is 16.3 Å². The minimum Gasteiger partial charge on any atom is -0.423 e. The van der Waals surface area contributed by atoms with Crippen LogP contribution >= 0.6 is 34.5 Å². The zero-order valence-electron chi connectivity index (χ0n) is 14.2. The molecule has 0 saturated heterocycles.